The molecule has 1 heterocycles. The van der Waals surface area contributed by atoms with Crippen LogP contribution in [0.1, 0.15) is 74.4 Å². The fraction of sp³-hybridized carbons (Fsp3) is 0.650. The van der Waals surface area contributed by atoms with Gasteiger partial charge in [0, 0.05) is 17.4 Å². The average Bonchev–Trinajstić information content (AvgIpc) is 2.81. The number of rotatable bonds is 3. The minimum absolute atomic E-state index is 0.0612. The van der Waals surface area contributed by atoms with Crippen molar-refractivity contribution in [1.29, 1.82) is 0 Å². The molecule has 24 heavy (non-hydrogen) atoms. The third-order valence-electron chi connectivity index (χ3n) is 6.98. The first-order valence-electron chi connectivity index (χ1n) is 9.03. The number of hydrogen-bond acceptors (Lipinski definition) is 3. The summed E-state index contributed by atoms with van der Waals surface area (Å²) >= 11 is 0. The van der Waals surface area contributed by atoms with Crippen LogP contribution < -0.4 is 4.74 Å². The van der Waals surface area contributed by atoms with Gasteiger partial charge < -0.3 is 14.9 Å². The summed E-state index contributed by atoms with van der Waals surface area (Å²) in [6.45, 7) is 8.69. The third kappa shape index (κ3) is 1.72. The maximum atomic E-state index is 11.8. The number of hydrogen-bond donors (Lipinski definition) is 2. The molecule has 4 nitrogen and oxygen atoms in total. The predicted octanol–water partition coefficient (Wildman–Crippen LogP) is 4.34. The smallest absolute Gasteiger partial charge is 0.339 e. The minimum Gasteiger partial charge on any atom is -0.507 e. The molecule has 1 aromatic rings. The van der Waals surface area contributed by atoms with E-state index in [1.165, 1.54) is 0 Å². The molecule has 4 heteroatoms. The van der Waals surface area contributed by atoms with Crippen LogP contribution in [0.5, 0.6) is 11.5 Å². The van der Waals surface area contributed by atoms with Crippen LogP contribution in [-0.2, 0) is 6.42 Å². The molecule has 0 spiro atoms. The molecule has 0 amide bonds. The van der Waals surface area contributed by atoms with Gasteiger partial charge in [0.2, 0.25) is 0 Å². The van der Waals surface area contributed by atoms with Crippen LogP contribution in [-0.4, -0.2) is 21.8 Å². The molecular formula is C20H26O4. The third-order valence-corrected chi connectivity index (χ3v) is 6.98. The van der Waals surface area contributed by atoms with Crippen molar-refractivity contribution < 1.29 is 19.7 Å². The molecule has 0 bridgehead atoms. The zero-order chi connectivity index (χ0) is 17.4. The summed E-state index contributed by atoms with van der Waals surface area (Å²) in [7, 11) is 0. The SMILES string of the molecule is CCCc1cc2c(c(O)c1C(=O)O)[C@@H]1C3C(CC[C@@]3(C)O2)C1(C)C. The Morgan fingerprint density at radius 2 is 2.08 bits per heavy atom. The molecule has 4 atom stereocenters. The number of phenols is 1. The molecule has 130 valence electrons. The summed E-state index contributed by atoms with van der Waals surface area (Å²) in [5.74, 6) is 0.736. The van der Waals surface area contributed by atoms with Gasteiger partial charge in [-0.3, -0.25) is 0 Å². The maximum Gasteiger partial charge on any atom is 0.339 e. The van der Waals surface area contributed by atoms with E-state index in [1.807, 2.05) is 13.0 Å². The Morgan fingerprint density at radius 3 is 2.71 bits per heavy atom. The molecule has 2 fully saturated rings. The van der Waals surface area contributed by atoms with Crippen molar-refractivity contribution in [3.63, 3.8) is 0 Å². The van der Waals surface area contributed by atoms with Gasteiger partial charge in [-0.15, -0.1) is 0 Å². The molecule has 3 aliphatic rings. The van der Waals surface area contributed by atoms with Gasteiger partial charge >= 0.3 is 5.97 Å². The van der Waals surface area contributed by atoms with E-state index >= 15 is 0 Å². The van der Waals surface area contributed by atoms with Crippen LogP contribution in [0.15, 0.2) is 6.07 Å². The van der Waals surface area contributed by atoms with E-state index in [1.54, 1.807) is 0 Å². The van der Waals surface area contributed by atoms with Crippen LogP contribution in [0.2, 0.25) is 0 Å². The molecule has 2 aliphatic carbocycles. The van der Waals surface area contributed by atoms with Crippen molar-refractivity contribution in [3.8, 4) is 11.5 Å². The Labute approximate surface area is 142 Å². The first-order chi connectivity index (χ1) is 11.2. The monoisotopic (exact) mass is 330 g/mol. The summed E-state index contributed by atoms with van der Waals surface area (Å²) in [6.07, 6.45) is 3.64. The average molecular weight is 330 g/mol. The van der Waals surface area contributed by atoms with Gasteiger partial charge in [0.25, 0.3) is 0 Å². The van der Waals surface area contributed by atoms with Crippen LogP contribution in [0.25, 0.3) is 0 Å². The van der Waals surface area contributed by atoms with Crippen LogP contribution >= 0.6 is 0 Å². The summed E-state index contributed by atoms with van der Waals surface area (Å²) in [6, 6.07) is 1.88. The predicted molar refractivity (Wildman–Crippen MR) is 90.8 cm³/mol. The number of ether oxygens (including phenoxy) is 1. The lowest BCUT2D eigenvalue weighted by Gasteiger charge is -2.62. The molecule has 1 aromatic carbocycles. The van der Waals surface area contributed by atoms with Crippen molar-refractivity contribution in [1.82, 2.24) is 0 Å². The van der Waals surface area contributed by atoms with Crippen LogP contribution in [0.4, 0.5) is 0 Å². The second-order valence-electron chi connectivity index (χ2n) is 8.61. The van der Waals surface area contributed by atoms with Crippen LogP contribution in [0.3, 0.4) is 0 Å². The zero-order valence-corrected chi connectivity index (χ0v) is 14.8. The lowest BCUT2D eigenvalue weighted by molar-refractivity contribution is -0.121. The van der Waals surface area contributed by atoms with Gasteiger partial charge in [0.05, 0.1) is 0 Å². The van der Waals surface area contributed by atoms with Gasteiger partial charge in [0.15, 0.2) is 0 Å². The number of aromatic carboxylic acids is 1. The maximum absolute atomic E-state index is 11.8. The van der Waals surface area contributed by atoms with E-state index in [2.05, 4.69) is 20.8 Å². The molecule has 0 aromatic heterocycles. The van der Waals surface area contributed by atoms with E-state index < -0.39 is 5.97 Å². The fourth-order valence-corrected chi connectivity index (χ4v) is 5.93. The van der Waals surface area contributed by atoms with Crippen molar-refractivity contribution in [2.75, 3.05) is 0 Å². The number of benzene rings is 1. The van der Waals surface area contributed by atoms with E-state index in [0.29, 0.717) is 29.6 Å². The number of carboxylic acid groups (broad SMARTS) is 1. The van der Waals surface area contributed by atoms with E-state index in [0.717, 1.165) is 24.8 Å². The largest absolute Gasteiger partial charge is 0.507 e. The van der Waals surface area contributed by atoms with E-state index in [4.69, 9.17) is 4.74 Å². The number of aromatic hydroxyl groups is 1. The van der Waals surface area contributed by atoms with Crippen LogP contribution in [0, 0.1) is 17.3 Å². The molecule has 2 unspecified atom stereocenters. The highest BCUT2D eigenvalue weighted by Crippen LogP contribution is 2.74. The second-order valence-corrected chi connectivity index (χ2v) is 8.61. The Bertz CT molecular complexity index is 736. The summed E-state index contributed by atoms with van der Waals surface area (Å²) in [4.78, 5) is 11.8. The molecule has 2 N–H and O–H groups in total. The minimum atomic E-state index is -1.05. The normalized spacial score (nSPS) is 34.8. The zero-order valence-electron chi connectivity index (χ0n) is 14.8. The molecule has 0 saturated heterocycles. The number of fused-ring (bicyclic) bond motifs is 2. The summed E-state index contributed by atoms with van der Waals surface area (Å²) in [5, 5.41) is 20.5. The molecule has 2 saturated carbocycles. The van der Waals surface area contributed by atoms with Crippen molar-refractivity contribution in [3.05, 3.63) is 22.8 Å². The molecule has 4 rings (SSSR count). The van der Waals surface area contributed by atoms with E-state index in [-0.39, 0.29) is 28.2 Å². The van der Waals surface area contributed by atoms with Crippen molar-refractivity contribution in [2.45, 2.75) is 64.9 Å². The first-order valence-corrected chi connectivity index (χ1v) is 9.03. The Kier molecular flexibility index (Phi) is 3.08. The van der Waals surface area contributed by atoms with Crippen molar-refractivity contribution in [2.24, 2.45) is 17.3 Å². The van der Waals surface area contributed by atoms with Gasteiger partial charge in [-0.05, 0) is 49.1 Å². The Hall–Kier alpha value is -1.71. The van der Waals surface area contributed by atoms with Crippen molar-refractivity contribution >= 4 is 5.97 Å². The Balaban J connectivity index is 1.95. The lowest BCUT2D eigenvalue weighted by Crippen LogP contribution is -2.59. The Morgan fingerprint density at radius 1 is 1.38 bits per heavy atom. The highest BCUT2D eigenvalue weighted by molar-refractivity contribution is 5.94. The van der Waals surface area contributed by atoms with Gasteiger partial charge in [-0.2, -0.15) is 0 Å². The highest BCUT2D eigenvalue weighted by Gasteiger charge is 2.69. The molecule has 1 aliphatic heterocycles. The lowest BCUT2D eigenvalue weighted by atomic mass is 9.45. The summed E-state index contributed by atoms with van der Waals surface area (Å²) < 4.78 is 6.39. The molecule has 0 radical (unpaired) electrons. The number of carboxylic acids is 1. The standard InChI is InChI=1S/C20H26O4/c1-5-6-10-9-12-14(17(21)13(10)18(22)23)16-15-11(19(16,2)3)7-8-20(15,4)24-12/h9,11,15-16,21H,5-8H2,1-4H3,(H,22,23)/t11?,15?,16-,20-/m1/s1. The fourth-order valence-electron chi connectivity index (χ4n) is 5.93. The second kappa shape index (κ2) is 4.68. The highest BCUT2D eigenvalue weighted by atomic mass is 16.5. The van der Waals surface area contributed by atoms with Gasteiger partial charge in [0.1, 0.15) is 22.7 Å². The first kappa shape index (κ1) is 15.8. The number of aryl methyl sites for hydroxylation is 1. The number of carbonyl (C=O) groups is 1. The van der Waals surface area contributed by atoms with Gasteiger partial charge in [-0.25, -0.2) is 4.79 Å². The quantitative estimate of drug-likeness (QED) is 0.865. The van der Waals surface area contributed by atoms with Gasteiger partial charge in [-0.1, -0.05) is 27.2 Å². The topological polar surface area (TPSA) is 66.8 Å². The molecular weight excluding hydrogens is 304 g/mol. The summed E-state index contributed by atoms with van der Waals surface area (Å²) in [5.41, 5.74) is 1.37. The van der Waals surface area contributed by atoms with E-state index in [9.17, 15) is 15.0 Å².